The smallest absolute Gasteiger partial charge is 0.239 e. The Morgan fingerprint density at radius 3 is 2.89 bits per heavy atom. The third kappa shape index (κ3) is 3.15. The molecule has 2 rings (SSSR count). The fraction of sp³-hybridized carbons (Fsp3) is 0.714. The van der Waals surface area contributed by atoms with Crippen LogP contribution in [0.2, 0.25) is 0 Å². The van der Waals surface area contributed by atoms with Gasteiger partial charge in [-0.3, -0.25) is 9.69 Å². The van der Waals surface area contributed by atoms with Crippen molar-refractivity contribution in [1.29, 1.82) is 0 Å². The SMILES string of the molecule is CCCCC1C(=O)N(C)CCN1Cc1nc[nH]c1C. The second kappa shape index (κ2) is 6.19. The number of aromatic nitrogens is 2. The van der Waals surface area contributed by atoms with Crippen LogP contribution >= 0.6 is 0 Å². The standard InChI is InChI=1S/C14H24N4O/c1-4-5-6-13-14(19)17(3)7-8-18(13)9-12-11(2)15-10-16-12/h10,13H,4-9H2,1-3H3,(H,15,16). The van der Waals surface area contributed by atoms with Crippen LogP contribution in [0.3, 0.4) is 0 Å². The van der Waals surface area contributed by atoms with E-state index in [9.17, 15) is 4.79 Å². The number of imidazole rings is 1. The Balaban J connectivity index is 2.07. The lowest BCUT2D eigenvalue weighted by molar-refractivity contribution is -0.140. The molecule has 0 spiro atoms. The van der Waals surface area contributed by atoms with Gasteiger partial charge in [0, 0.05) is 32.4 Å². The summed E-state index contributed by atoms with van der Waals surface area (Å²) in [4.78, 5) is 23.9. The Kier molecular flexibility index (Phi) is 4.58. The van der Waals surface area contributed by atoms with Crippen LogP contribution in [0.4, 0.5) is 0 Å². The first-order valence-corrected chi connectivity index (χ1v) is 7.11. The Labute approximate surface area is 115 Å². The maximum atomic E-state index is 12.3. The quantitative estimate of drug-likeness (QED) is 0.878. The number of hydrogen-bond donors (Lipinski definition) is 1. The number of carbonyl (C=O) groups is 1. The van der Waals surface area contributed by atoms with Gasteiger partial charge in [-0.25, -0.2) is 4.98 Å². The number of amides is 1. The number of rotatable bonds is 5. The second-order valence-corrected chi connectivity index (χ2v) is 5.36. The number of hydrogen-bond acceptors (Lipinski definition) is 3. The molecule has 19 heavy (non-hydrogen) atoms. The van der Waals surface area contributed by atoms with Crippen LogP contribution in [-0.4, -0.2) is 51.9 Å². The minimum Gasteiger partial charge on any atom is -0.348 e. The van der Waals surface area contributed by atoms with Crippen molar-refractivity contribution in [3.05, 3.63) is 17.7 Å². The summed E-state index contributed by atoms with van der Waals surface area (Å²) in [7, 11) is 1.90. The zero-order valence-corrected chi connectivity index (χ0v) is 12.1. The van der Waals surface area contributed by atoms with Crippen molar-refractivity contribution >= 4 is 5.91 Å². The summed E-state index contributed by atoms with van der Waals surface area (Å²) in [6, 6.07) is 0.0230. The topological polar surface area (TPSA) is 52.2 Å². The molecule has 1 aromatic rings. The highest BCUT2D eigenvalue weighted by Crippen LogP contribution is 2.19. The summed E-state index contributed by atoms with van der Waals surface area (Å²) in [5.74, 6) is 0.257. The highest BCUT2D eigenvalue weighted by molar-refractivity contribution is 5.82. The van der Waals surface area contributed by atoms with E-state index in [2.05, 4.69) is 21.8 Å². The summed E-state index contributed by atoms with van der Waals surface area (Å²) in [5, 5.41) is 0. The van der Waals surface area contributed by atoms with Gasteiger partial charge in [0.2, 0.25) is 5.91 Å². The van der Waals surface area contributed by atoms with Gasteiger partial charge < -0.3 is 9.88 Å². The number of carbonyl (C=O) groups excluding carboxylic acids is 1. The summed E-state index contributed by atoms with van der Waals surface area (Å²) in [6.45, 7) is 6.71. The average molecular weight is 264 g/mol. The van der Waals surface area contributed by atoms with Gasteiger partial charge in [0.05, 0.1) is 18.1 Å². The second-order valence-electron chi connectivity index (χ2n) is 5.36. The van der Waals surface area contributed by atoms with Crippen LogP contribution in [0.5, 0.6) is 0 Å². The number of aromatic amines is 1. The van der Waals surface area contributed by atoms with Crippen molar-refractivity contribution in [1.82, 2.24) is 19.8 Å². The van der Waals surface area contributed by atoms with E-state index in [1.54, 1.807) is 6.33 Å². The van der Waals surface area contributed by atoms with E-state index < -0.39 is 0 Å². The maximum Gasteiger partial charge on any atom is 0.239 e. The van der Waals surface area contributed by atoms with Gasteiger partial charge in [-0.1, -0.05) is 19.8 Å². The molecule has 1 amide bonds. The van der Waals surface area contributed by atoms with Crippen LogP contribution in [0, 0.1) is 6.92 Å². The molecule has 1 aliphatic heterocycles. The van der Waals surface area contributed by atoms with Crippen LogP contribution < -0.4 is 0 Å². The largest absolute Gasteiger partial charge is 0.348 e. The minimum atomic E-state index is 0.0230. The molecular formula is C14H24N4O. The molecule has 0 bridgehead atoms. The van der Waals surface area contributed by atoms with Gasteiger partial charge in [-0.15, -0.1) is 0 Å². The first-order valence-electron chi connectivity index (χ1n) is 7.11. The maximum absolute atomic E-state index is 12.3. The molecule has 106 valence electrons. The molecule has 1 saturated heterocycles. The zero-order chi connectivity index (χ0) is 13.8. The first kappa shape index (κ1) is 14.1. The number of aryl methyl sites for hydroxylation is 1. The minimum absolute atomic E-state index is 0.0230. The lowest BCUT2D eigenvalue weighted by atomic mass is 10.0. The number of unbranched alkanes of at least 4 members (excludes halogenated alkanes) is 1. The third-order valence-corrected chi connectivity index (χ3v) is 3.94. The number of piperazine rings is 1. The van der Waals surface area contributed by atoms with E-state index in [1.165, 1.54) is 0 Å². The zero-order valence-electron chi connectivity index (χ0n) is 12.1. The molecule has 1 unspecified atom stereocenters. The predicted octanol–water partition coefficient (Wildman–Crippen LogP) is 1.55. The number of likely N-dealkylation sites (N-methyl/N-ethyl adjacent to an activating group) is 1. The molecule has 0 aliphatic carbocycles. The Morgan fingerprint density at radius 2 is 2.26 bits per heavy atom. The summed E-state index contributed by atoms with van der Waals surface area (Å²) in [5.41, 5.74) is 2.15. The van der Waals surface area contributed by atoms with Crippen molar-refractivity contribution < 1.29 is 4.79 Å². The molecule has 1 aromatic heterocycles. The highest BCUT2D eigenvalue weighted by Gasteiger charge is 2.32. The van der Waals surface area contributed by atoms with E-state index in [1.807, 2.05) is 18.9 Å². The molecule has 5 heteroatoms. The van der Waals surface area contributed by atoms with Crippen LogP contribution in [0.1, 0.15) is 37.6 Å². The van der Waals surface area contributed by atoms with E-state index in [-0.39, 0.29) is 11.9 Å². The van der Waals surface area contributed by atoms with E-state index in [4.69, 9.17) is 0 Å². The molecule has 1 atom stereocenters. The molecule has 1 N–H and O–H groups in total. The Bertz CT molecular complexity index is 429. The van der Waals surface area contributed by atoms with Gasteiger partial charge in [0.15, 0.2) is 0 Å². The fourth-order valence-electron chi connectivity index (χ4n) is 2.59. The molecule has 0 saturated carbocycles. The van der Waals surface area contributed by atoms with Crippen LogP contribution in [0.25, 0.3) is 0 Å². The number of nitrogens with one attached hydrogen (secondary N) is 1. The first-order chi connectivity index (χ1) is 9.13. The summed E-state index contributed by atoms with van der Waals surface area (Å²) >= 11 is 0. The van der Waals surface area contributed by atoms with Crippen molar-refractivity contribution in [2.24, 2.45) is 0 Å². The van der Waals surface area contributed by atoms with Crippen LogP contribution in [0.15, 0.2) is 6.33 Å². The Hall–Kier alpha value is -1.36. The van der Waals surface area contributed by atoms with Gasteiger partial charge in [-0.2, -0.15) is 0 Å². The summed E-state index contributed by atoms with van der Waals surface area (Å²) in [6.07, 6.45) is 4.90. The summed E-state index contributed by atoms with van der Waals surface area (Å²) < 4.78 is 0. The molecule has 2 heterocycles. The predicted molar refractivity (Wildman–Crippen MR) is 74.7 cm³/mol. The van der Waals surface area contributed by atoms with Gasteiger partial charge >= 0.3 is 0 Å². The molecular weight excluding hydrogens is 240 g/mol. The van der Waals surface area contributed by atoms with Gasteiger partial charge in [-0.05, 0) is 13.3 Å². The highest BCUT2D eigenvalue weighted by atomic mass is 16.2. The van der Waals surface area contributed by atoms with Crippen LogP contribution in [-0.2, 0) is 11.3 Å². The third-order valence-electron chi connectivity index (χ3n) is 3.94. The van der Waals surface area contributed by atoms with Gasteiger partial charge in [0.25, 0.3) is 0 Å². The number of nitrogens with zero attached hydrogens (tertiary/aromatic N) is 3. The lowest BCUT2D eigenvalue weighted by Gasteiger charge is -2.39. The molecule has 1 aliphatic rings. The van der Waals surface area contributed by atoms with E-state index in [0.717, 1.165) is 50.3 Å². The normalized spacial score (nSPS) is 21.1. The molecule has 0 radical (unpaired) electrons. The number of H-pyrrole nitrogens is 1. The van der Waals surface area contributed by atoms with E-state index in [0.29, 0.717) is 0 Å². The fourth-order valence-corrected chi connectivity index (χ4v) is 2.59. The van der Waals surface area contributed by atoms with Crippen molar-refractivity contribution in [2.75, 3.05) is 20.1 Å². The van der Waals surface area contributed by atoms with Crippen molar-refractivity contribution in [2.45, 2.75) is 45.7 Å². The van der Waals surface area contributed by atoms with Crippen molar-refractivity contribution in [3.63, 3.8) is 0 Å². The van der Waals surface area contributed by atoms with Crippen molar-refractivity contribution in [3.8, 4) is 0 Å². The van der Waals surface area contributed by atoms with Gasteiger partial charge in [0.1, 0.15) is 0 Å². The molecule has 0 aromatic carbocycles. The average Bonchev–Trinajstić information content (AvgIpc) is 2.79. The molecule has 1 fully saturated rings. The molecule has 5 nitrogen and oxygen atoms in total. The van der Waals surface area contributed by atoms with E-state index >= 15 is 0 Å². The Morgan fingerprint density at radius 1 is 1.47 bits per heavy atom. The lowest BCUT2D eigenvalue weighted by Crippen LogP contribution is -2.55. The monoisotopic (exact) mass is 264 g/mol.